The van der Waals surface area contributed by atoms with Crippen LogP contribution in [-0.2, 0) is 4.74 Å². The third-order valence-electron chi connectivity index (χ3n) is 7.87. The predicted octanol–water partition coefficient (Wildman–Crippen LogP) is 6.20. The van der Waals surface area contributed by atoms with Crippen molar-refractivity contribution < 1.29 is 19.0 Å². The Balaban J connectivity index is 1.49. The first-order valence-corrected chi connectivity index (χ1v) is 14.9. The van der Waals surface area contributed by atoms with E-state index in [0.717, 1.165) is 31.1 Å². The molecular weight excluding hydrogens is 552 g/mol. The van der Waals surface area contributed by atoms with Crippen LogP contribution >= 0.6 is 23.4 Å². The Morgan fingerprint density at radius 3 is 2.40 bits per heavy atom. The molecule has 2 aliphatic rings. The lowest BCUT2D eigenvalue weighted by atomic mass is 9.60. The van der Waals surface area contributed by atoms with Gasteiger partial charge in [-0.1, -0.05) is 23.4 Å². The molecular formula is C29H35ClN4O5S. The Morgan fingerprint density at radius 2 is 1.80 bits per heavy atom. The van der Waals surface area contributed by atoms with Crippen molar-refractivity contribution in [3.05, 3.63) is 39.8 Å². The van der Waals surface area contributed by atoms with E-state index in [1.54, 1.807) is 36.4 Å². The minimum absolute atomic E-state index is 0.0288. The molecule has 9 nitrogen and oxygen atoms in total. The van der Waals surface area contributed by atoms with E-state index in [4.69, 9.17) is 30.8 Å². The lowest BCUT2D eigenvalue weighted by molar-refractivity contribution is -0.0232. The first kappa shape index (κ1) is 28.5. The molecule has 1 aliphatic heterocycles. The molecule has 0 radical (unpaired) electrons. The normalized spacial score (nSPS) is 17.1. The Hall–Kier alpha value is -2.98. The van der Waals surface area contributed by atoms with Crippen molar-refractivity contribution in [1.82, 2.24) is 19.4 Å². The molecule has 0 unspecified atom stereocenters. The Kier molecular flexibility index (Phi) is 7.69. The van der Waals surface area contributed by atoms with Crippen LogP contribution < -0.4 is 15.0 Å². The molecule has 0 bridgehead atoms. The molecule has 1 spiro atoms. The molecule has 2 aromatic heterocycles. The topological polar surface area (TPSA) is 95.8 Å². The van der Waals surface area contributed by atoms with Gasteiger partial charge in [-0.25, -0.2) is 14.8 Å². The van der Waals surface area contributed by atoms with E-state index in [0.29, 0.717) is 51.5 Å². The maximum Gasteiger partial charge on any atom is 0.410 e. The average molecular weight is 587 g/mol. The van der Waals surface area contributed by atoms with Crippen molar-refractivity contribution in [2.24, 2.45) is 5.41 Å². The summed E-state index contributed by atoms with van der Waals surface area (Å²) in [6.45, 7) is 6.93. The van der Waals surface area contributed by atoms with Crippen LogP contribution in [0.25, 0.3) is 22.2 Å². The monoisotopic (exact) mass is 586 g/mol. The summed E-state index contributed by atoms with van der Waals surface area (Å²) < 4.78 is 18.3. The number of nitrogens with zero attached hydrogens (tertiary/aromatic N) is 4. The van der Waals surface area contributed by atoms with E-state index in [9.17, 15) is 9.59 Å². The third-order valence-corrected chi connectivity index (χ3v) is 8.82. The minimum Gasteiger partial charge on any atom is -0.497 e. The zero-order chi connectivity index (χ0) is 28.8. The van der Waals surface area contributed by atoms with Crippen LogP contribution in [0.15, 0.2) is 34.3 Å². The molecule has 1 amide bonds. The average Bonchev–Trinajstić information content (AvgIpc) is 2.90. The molecule has 40 heavy (non-hydrogen) atoms. The number of pyridine rings is 1. The summed E-state index contributed by atoms with van der Waals surface area (Å²) in [6, 6.07) is 5.22. The second-order valence-electron chi connectivity index (χ2n) is 11.6. The van der Waals surface area contributed by atoms with Gasteiger partial charge in [-0.3, -0.25) is 9.36 Å². The number of carbonyl (C=O) groups is 1. The number of aromatic nitrogens is 3. The highest BCUT2D eigenvalue weighted by Crippen LogP contribution is 2.55. The quantitative estimate of drug-likeness (QED) is 0.257. The Morgan fingerprint density at radius 1 is 1.10 bits per heavy atom. The fourth-order valence-corrected chi connectivity index (χ4v) is 6.41. The highest BCUT2D eigenvalue weighted by molar-refractivity contribution is 7.98. The van der Waals surface area contributed by atoms with Crippen LogP contribution in [0.4, 0.5) is 4.79 Å². The van der Waals surface area contributed by atoms with Gasteiger partial charge in [0.2, 0.25) is 0 Å². The SMILES string of the molecule is COc1cc(OC)c(Cl)c(-c2cc3cnc(SC)nc3n(C3CC4(CCN(C(=O)OC(C)(C)C)CC4)C3)c2=O)c1. The molecule has 5 rings (SSSR count). The highest BCUT2D eigenvalue weighted by Gasteiger charge is 2.48. The van der Waals surface area contributed by atoms with Crippen LogP contribution in [0, 0.1) is 5.41 Å². The number of piperidine rings is 1. The van der Waals surface area contributed by atoms with Gasteiger partial charge in [-0.2, -0.15) is 0 Å². The molecule has 214 valence electrons. The van der Waals surface area contributed by atoms with Gasteiger partial charge in [0, 0.05) is 47.9 Å². The third kappa shape index (κ3) is 5.35. The Labute approximate surface area is 243 Å². The molecule has 2 fully saturated rings. The number of thioether (sulfide) groups is 1. The fraction of sp³-hybridized carbons (Fsp3) is 0.517. The van der Waals surface area contributed by atoms with Crippen molar-refractivity contribution in [1.29, 1.82) is 0 Å². The number of halogens is 1. The number of hydrogen-bond donors (Lipinski definition) is 0. The lowest BCUT2D eigenvalue weighted by Crippen LogP contribution is -2.51. The van der Waals surface area contributed by atoms with E-state index in [-0.39, 0.29) is 23.1 Å². The van der Waals surface area contributed by atoms with E-state index in [1.807, 2.05) is 31.6 Å². The fourth-order valence-electron chi connectivity index (χ4n) is 5.79. The van der Waals surface area contributed by atoms with Gasteiger partial charge in [-0.05, 0) is 70.3 Å². The van der Waals surface area contributed by atoms with Crippen LogP contribution in [0.2, 0.25) is 5.02 Å². The standard InChI is InChI=1S/C29H35ClN4O5S/c1-28(2,3)39-27(36)33-9-7-29(8-10-33)14-18(15-29)34-24-17(16-31-26(32-24)40-6)11-21(25(34)35)20-12-19(37-4)13-22(38-5)23(20)30/h11-13,16,18H,7-10,14-15H2,1-6H3. The number of likely N-dealkylation sites (tertiary alicyclic amines) is 1. The van der Waals surface area contributed by atoms with Crippen molar-refractivity contribution in [2.75, 3.05) is 33.6 Å². The van der Waals surface area contributed by atoms with Crippen molar-refractivity contribution in [3.63, 3.8) is 0 Å². The van der Waals surface area contributed by atoms with Crippen LogP contribution in [-0.4, -0.2) is 64.7 Å². The summed E-state index contributed by atoms with van der Waals surface area (Å²) in [7, 11) is 3.09. The van der Waals surface area contributed by atoms with Crippen LogP contribution in [0.1, 0.15) is 52.5 Å². The Bertz CT molecular complexity index is 1500. The first-order chi connectivity index (χ1) is 19.0. The van der Waals surface area contributed by atoms with Gasteiger partial charge >= 0.3 is 6.09 Å². The smallest absolute Gasteiger partial charge is 0.410 e. The van der Waals surface area contributed by atoms with Gasteiger partial charge in [-0.15, -0.1) is 0 Å². The summed E-state index contributed by atoms with van der Waals surface area (Å²) in [4.78, 5) is 37.8. The van der Waals surface area contributed by atoms with Crippen LogP contribution in [0.5, 0.6) is 11.5 Å². The van der Waals surface area contributed by atoms with E-state index in [1.165, 1.54) is 18.9 Å². The maximum atomic E-state index is 14.2. The summed E-state index contributed by atoms with van der Waals surface area (Å²) in [6.07, 6.45) is 6.82. The summed E-state index contributed by atoms with van der Waals surface area (Å²) in [5.74, 6) is 0.964. The summed E-state index contributed by atoms with van der Waals surface area (Å²) in [5.41, 5.74) is 0.986. The van der Waals surface area contributed by atoms with Gasteiger partial charge in [0.15, 0.2) is 5.16 Å². The molecule has 1 aromatic carbocycles. The van der Waals surface area contributed by atoms with Crippen LogP contribution in [0.3, 0.4) is 0 Å². The van der Waals surface area contributed by atoms with Crippen molar-refractivity contribution in [3.8, 4) is 22.6 Å². The van der Waals surface area contributed by atoms with E-state index >= 15 is 0 Å². The van der Waals surface area contributed by atoms with E-state index < -0.39 is 5.60 Å². The maximum absolute atomic E-state index is 14.2. The number of rotatable bonds is 5. The summed E-state index contributed by atoms with van der Waals surface area (Å²) in [5, 5.41) is 1.70. The number of benzene rings is 1. The molecule has 0 N–H and O–H groups in total. The molecule has 0 atom stereocenters. The second-order valence-corrected chi connectivity index (χ2v) is 12.7. The number of fused-ring (bicyclic) bond motifs is 1. The first-order valence-electron chi connectivity index (χ1n) is 13.3. The van der Waals surface area contributed by atoms with Gasteiger partial charge in [0.25, 0.3) is 5.56 Å². The van der Waals surface area contributed by atoms with Gasteiger partial charge < -0.3 is 19.1 Å². The number of methoxy groups -OCH3 is 2. The van der Waals surface area contributed by atoms with Crippen molar-refractivity contribution >= 4 is 40.5 Å². The summed E-state index contributed by atoms with van der Waals surface area (Å²) >= 11 is 8.15. The number of carbonyl (C=O) groups excluding carboxylic acids is 1. The van der Waals surface area contributed by atoms with Gasteiger partial charge in [0.05, 0.1) is 19.2 Å². The van der Waals surface area contributed by atoms with Crippen molar-refractivity contribution in [2.45, 2.75) is 63.3 Å². The molecule has 3 aromatic rings. The second kappa shape index (κ2) is 10.8. The van der Waals surface area contributed by atoms with E-state index in [2.05, 4.69) is 4.98 Å². The molecule has 1 saturated carbocycles. The molecule has 3 heterocycles. The molecule has 1 saturated heterocycles. The highest BCUT2D eigenvalue weighted by atomic mass is 35.5. The lowest BCUT2D eigenvalue weighted by Gasteiger charge is -2.52. The number of amides is 1. The zero-order valence-electron chi connectivity index (χ0n) is 23.7. The molecule has 1 aliphatic carbocycles. The zero-order valence-corrected chi connectivity index (χ0v) is 25.3. The minimum atomic E-state index is -0.520. The van der Waals surface area contributed by atoms with Gasteiger partial charge in [0.1, 0.15) is 22.7 Å². The largest absolute Gasteiger partial charge is 0.497 e. The predicted molar refractivity (Wildman–Crippen MR) is 157 cm³/mol. The molecule has 11 heteroatoms. The number of ether oxygens (including phenoxy) is 3. The number of hydrogen-bond acceptors (Lipinski definition) is 8.